The monoisotopic (exact) mass is 268 g/mol. The first-order valence-electron chi connectivity index (χ1n) is 5.93. The third-order valence-electron chi connectivity index (χ3n) is 2.57. The van der Waals surface area contributed by atoms with Gasteiger partial charge in [0.05, 0.1) is 13.3 Å². The summed E-state index contributed by atoms with van der Waals surface area (Å²) < 4.78 is 6.39. The SMILES string of the molecule is COC(=O)C(CN(C)Cc1cnn(C)c1)NC(C)=O. The maximum atomic E-state index is 11.6. The van der Waals surface area contributed by atoms with E-state index in [4.69, 9.17) is 0 Å². The predicted octanol–water partition coefficient (Wildman–Crippen LogP) is -0.470. The Hall–Kier alpha value is -1.89. The highest BCUT2D eigenvalue weighted by Crippen LogP contribution is 2.02. The lowest BCUT2D eigenvalue weighted by Crippen LogP contribution is -2.47. The van der Waals surface area contributed by atoms with Gasteiger partial charge in [-0.05, 0) is 7.05 Å². The number of esters is 1. The molecule has 0 fully saturated rings. The van der Waals surface area contributed by atoms with Crippen molar-refractivity contribution in [2.24, 2.45) is 7.05 Å². The van der Waals surface area contributed by atoms with Gasteiger partial charge in [0.1, 0.15) is 6.04 Å². The minimum atomic E-state index is -0.663. The molecule has 0 radical (unpaired) electrons. The first-order chi connectivity index (χ1) is 8.92. The lowest BCUT2D eigenvalue weighted by atomic mass is 10.2. The molecule has 1 aromatic heterocycles. The molecule has 0 saturated heterocycles. The number of nitrogens with one attached hydrogen (secondary N) is 1. The zero-order chi connectivity index (χ0) is 14.4. The Morgan fingerprint density at radius 3 is 2.74 bits per heavy atom. The summed E-state index contributed by atoms with van der Waals surface area (Å²) in [7, 11) is 5.01. The van der Waals surface area contributed by atoms with Crippen molar-refractivity contribution in [1.29, 1.82) is 0 Å². The molecule has 0 aromatic carbocycles. The molecule has 1 N–H and O–H groups in total. The predicted molar refractivity (Wildman–Crippen MR) is 69.2 cm³/mol. The van der Waals surface area contributed by atoms with E-state index in [1.807, 2.05) is 25.2 Å². The molecule has 1 unspecified atom stereocenters. The largest absolute Gasteiger partial charge is 0.467 e. The number of hydrogen-bond donors (Lipinski definition) is 1. The van der Waals surface area contributed by atoms with Crippen molar-refractivity contribution in [1.82, 2.24) is 20.0 Å². The van der Waals surface area contributed by atoms with Crippen LogP contribution >= 0.6 is 0 Å². The summed E-state index contributed by atoms with van der Waals surface area (Å²) in [5, 5.41) is 6.65. The van der Waals surface area contributed by atoms with Gasteiger partial charge in [0.15, 0.2) is 0 Å². The van der Waals surface area contributed by atoms with E-state index in [2.05, 4.69) is 15.2 Å². The van der Waals surface area contributed by atoms with Gasteiger partial charge < -0.3 is 10.1 Å². The van der Waals surface area contributed by atoms with Gasteiger partial charge in [0.25, 0.3) is 0 Å². The van der Waals surface area contributed by atoms with Gasteiger partial charge in [-0.15, -0.1) is 0 Å². The number of methoxy groups -OCH3 is 1. The maximum absolute atomic E-state index is 11.6. The number of aromatic nitrogens is 2. The lowest BCUT2D eigenvalue weighted by Gasteiger charge is -2.22. The number of ether oxygens (including phenoxy) is 1. The maximum Gasteiger partial charge on any atom is 0.329 e. The van der Waals surface area contributed by atoms with Crippen molar-refractivity contribution in [2.45, 2.75) is 19.5 Å². The standard InChI is InChI=1S/C12H20N4O3/c1-9(17)14-11(12(18)19-4)8-15(2)6-10-5-13-16(3)7-10/h5,7,11H,6,8H2,1-4H3,(H,14,17). The fourth-order valence-electron chi connectivity index (χ4n) is 1.81. The van der Waals surface area contributed by atoms with Crippen LogP contribution in [0.2, 0.25) is 0 Å². The molecule has 106 valence electrons. The summed E-state index contributed by atoms with van der Waals surface area (Å²) in [6.07, 6.45) is 3.67. The van der Waals surface area contributed by atoms with Gasteiger partial charge in [-0.25, -0.2) is 4.79 Å². The van der Waals surface area contributed by atoms with Crippen molar-refractivity contribution in [3.05, 3.63) is 18.0 Å². The first-order valence-corrected chi connectivity index (χ1v) is 5.93. The van der Waals surface area contributed by atoms with Crippen molar-refractivity contribution in [2.75, 3.05) is 20.7 Å². The number of nitrogens with zero attached hydrogens (tertiary/aromatic N) is 3. The molecular formula is C12H20N4O3. The zero-order valence-corrected chi connectivity index (χ0v) is 11.7. The first kappa shape index (κ1) is 15.2. The molecule has 1 amide bonds. The minimum Gasteiger partial charge on any atom is -0.467 e. The number of amides is 1. The van der Waals surface area contributed by atoms with Crippen molar-refractivity contribution < 1.29 is 14.3 Å². The molecular weight excluding hydrogens is 248 g/mol. The summed E-state index contributed by atoms with van der Waals surface area (Å²) in [6, 6.07) is -0.663. The Morgan fingerprint density at radius 2 is 2.26 bits per heavy atom. The van der Waals surface area contributed by atoms with E-state index in [1.54, 1.807) is 10.9 Å². The number of likely N-dealkylation sites (N-methyl/N-ethyl adjacent to an activating group) is 1. The molecule has 19 heavy (non-hydrogen) atoms. The van der Waals surface area contributed by atoms with Crippen LogP contribution in [0, 0.1) is 0 Å². The highest BCUT2D eigenvalue weighted by molar-refractivity contribution is 5.83. The minimum absolute atomic E-state index is 0.259. The average Bonchev–Trinajstić information content (AvgIpc) is 2.72. The van der Waals surface area contributed by atoms with Crippen LogP contribution in [0.4, 0.5) is 0 Å². The third kappa shape index (κ3) is 5.09. The molecule has 0 aliphatic rings. The second-order valence-corrected chi connectivity index (χ2v) is 4.50. The van der Waals surface area contributed by atoms with Crippen molar-refractivity contribution in [3.8, 4) is 0 Å². The summed E-state index contributed by atoms with van der Waals surface area (Å²) in [5.74, 6) is -0.710. The van der Waals surface area contributed by atoms with E-state index in [9.17, 15) is 9.59 Å². The van der Waals surface area contributed by atoms with E-state index in [-0.39, 0.29) is 5.91 Å². The summed E-state index contributed by atoms with van der Waals surface area (Å²) in [5.41, 5.74) is 1.04. The van der Waals surface area contributed by atoms with Gasteiger partial charge >= 0.3 is 5.97 Å². The quantitative estimate of drug-likeness (QED) is 0.706. The molecule has 7 heteroatoms. The van der Waals surface area contributed by atoms with E-state index in [0.29, 0.717) is 13.1 Å². The van der Waals surface area contributed by atoms with Crippen LogP contribution in [-0.2, 0) is 27.9 Å². The molecule has 0 bridgehead atoms. The number of carbonyl (C=O) groups is 2. The van der Waals surface area contributed by atoms with Gasteiger partial charge in [0, 0.05) is 38.8 Å². The lowest BCUT2D eigenvalue weighted by molar-refractivity contribution is -0.145. The second-order valence-electron chi connectivity index (χ2n) is 4.50. The molecule has 1 heterocycles. The summed E-state index contributed by atoms with van der Waals surface area (Å²) >= 11 is 0. The second kappa shape index (κ2) is 6.89. The van der Waals surface area contributed by atoms with Crippen molar-refractivity contribution in [3.63, 3.8) is 0 Å². The van der Waals surface area contributed by atoms with Crippen LogP contribution in [-0.4, -0.2) is 53.3 Å². The van der Waals surface area contributed by atoms with Crippen LogP contribution in [0.5, 0.6) is 0 Å². The smallest absolute Gasteiger partial charge is 0.329 e. The van der Waals surface area contributed by atoms with E-state index in [0.717, 1.165) is 5.56 Å². The fraction of sp³-hybridized carbons (Fsp3) is 0.583. The summed E-state index contributed by atoms with van der Waals surface area (Å²) in [6.45, 7) is 2.39. The van der Waals surface area contributed by atoms with Gasteiger partial charge in [-0.1, -0.05) is 0 Å². The Labute approximate surface area is 112 Å². The van der Waals surface area contributed by atoms with Crippen LogP contribution in [0.15, 0.2) is 12.4 Å². The van der Waals surface area contributed by atoms with Crippen molar-refractivity contribution >= 4 is 11.9 Å². The summed E-state index contributed by atoms with van der Waals surface area (Å²) in [4.78, 5) is 24.6. The number of aryl methyl sites for hydroxylation is 1. The molecule has 0 aliphatic heterocycles. The number of carbonyl (C=O) groups excluding carboxylic acids is 2. The molecule has 0 saturated carbocycles. The molecule has 1 rings (SSSR count). The van der Waals surface area contributed by atoms with Crippen LogP contribution in [0.25, 0.3) is 0 Å². The van der Waals surface area contributed by atoms with E-state index < -0.39 is 12.0 Å². The Kier molecular flexibility index (Phi) is 5.50. The van der Waals surface area contributed by atoms with E-state index in [1.165, 1.54) is 14.0 Å². The molecule has 7 nitrogen and oxygen atoms in total. The normalized spacial score (nSPS) is 12.3. The Balaban J connectivity index is 2.57. The highest BCUT2D eigenvalue weighted by Gasteiger charge is 2.21. The molecule has 1 atom stereocenters. The molecule has 0 spiro atoms. The topological polar surface area (TPSA) is 76.5 Å². The number of hydrogen-bond acceptors (Lipinski definition) is 5. The van der Waals surface area contributed by atoms with Crippen LogP contribution in [0.3, 0.4) is 0 Å². The fourth-order valence-corrected chi connectivity index (χ4v) is 1.81. The van der Waals surface area contributed by atoms with E-state index >= 15 is 0 Å². The Morgan fingerprint density at radius 1 is 1.58 bits per heavy atom. The Bertz CT molecular complexity index is 444. The van der Waals surface area contributed by atoms with Gasteiger partial charge in [-0.3, -0.25) is 14.4 Å². The van der Waals surface area contributed by atoms with Crippen LogP contribution < -0.4 is 5.32 Å². The average molecular weight is 268 g/mol. The number of rotatable bonds is 6. The van der Waals surface area contributed by atoms with Crippen LogP contribution in [0.1, 0.15) is 12.5 Å². The molecule has 1 aromatic rings. The third-order valence-corrected chi connectivity index (χ3v) is 2.57. The molecule has 0 aliphatic carbocycles. The zero-order valence-electron chi connectivity index (χ0n) is 11.7. The van der Waals surface area contributed by atoms with Gasteiger partial charge in [-0.2, -0.15) is 5.10 Å². The highest BCUT2D eigenvalue weighted by atomic mass is 16.5. The van der Waals surface area contributed by atoms with Gasteiger partial charge in [0.2, 0.25) is 5.91 Å².